The summed E-state index contributed by atoms with van der Waals surface area (Å²) in [5.41, 5.74) is 11.2. The standard InChI is InChI=1S/C23H23IN6O/c1-2-17-12-26-13-22(28-17)30-20-8-14(6-7-15(20)11-27-30)19-4-3-5-21(29-19)23(24,25)16-9-18(31)10-16/h3-8,11-13,16,18,31H,2,9-10,25H2,1H3. The van der Waals surface area contributed by atoms with Crippen LogP contribution in [0.2, 0.25) is 0 Å². The van der Waals surface area contributed by atoms with Crippen LogP contribution in [0.15, 0.2) is 55.0 Å². The molecular formula is C23H23IN6O. The highest BCUT2D eigenvalue weighted by molar-refractivity contribution is 14.1. The highest BCUT2D eigenvalue weighted by Crippen LogP contribution is 2.45. The zero-order valence-electron chi connectivity index (χ0n) is 17.1. The molecule has 1 saturated carbocycles. The van der Waals surface area contributed by atoms with Crippen LogP contribution in [0.4, 0.5) is 0 Å². The van der Waals surface area contributed by atoms with Crippen LogP contribution in [0.5, 0.6) is 0 Å². The van der Waals surface area contributed by atoms with Crippen molar-refractivity contribution < 1.29 is 5.11 Å². The van der Waals surface area contributed by atoms with Crippen LogP contribution in [0.3, 0.4) is 0 Å². The summed E-state index contributed by atoms with van der Waals surface area (Å²) in [7, 11) is 0. The molecule has 0 saturated heterocycles. The summed E-state index contributed by atoms with van der Waals surface area (Å²) in [5.74, 6) is 0.921. The Balaban J connectivity index is 1.54. The molecule has 0 bridgehead atoms. The topological polar surface area (TPSA) is 103 Å². The number of pyridine rings is 1. The van der Waals surface area contributed by atoms with Crippen LogP contribution >= 0.6 is 22.6 Å². The molecule has 0 radical (unpaired) electrons. The molecule has 3 N–H and O–H groups in total. The minimum Gasteiger partial charge on any atom is -0.393 e. The molecular weight excluding hydrogens is 503 g/mol. The summed E-state index contributed by atoms with van der Waals surface area (Å²) < 4.78 is 1.21. The number of aryl methyl sites for hydroxylation is 1. The van der Waals surface area contributed by atoms with Crippen LogP contribution in [-0.4, -0.2) is 35.9 Å². The molecule has 4 aromatic rings. The van der Waals surface area contributed by atoms with Gasteiger partial charge in [-0.1, -0.05) is 47.7 Å². The number of nitrogens with zero attached hydrogens (tertiary/aromatic N) is 5. The van der Waals surface area contributed by atoms with Crippen molar-refractivity contribution in [2.75, 3.05) is 0 Å². The van der Waals surface area contributed by atoms with Crippen LogP contribution < -0.4 is 5.73 Å². The molecule has 31 heavy (non-hydrogen) atoms. The van der Waals surface area contributed by atoms with Crippen molar-refractivity contribution in [3.63, 3.8) is 0 Å². The van der Waals surface area contributed by atoms with E-state index >= 15 is 0 Å². The van der Waals surface area contributed by atoms with Gasteiger partial charge in [0.05, 0.1) is 41.1 Å². The van der Waals surface area contributed by atoms with Crippen molar-refractivity contribution in [1.29, 1.82) is 0 Å². The predicted molar refractivity (Wildman–Crippen MR) is 128 cm³/mol. The Morgan fingerprint density at radius 1 is 1.16 bits per heavy atom. The molecule has 1 fully saturated rings. The minimum absolute atomic E-state index is 0.221. The number of halogens is 1. The van der Waals surface area contributed by atoms with E-state index in [1.165, 1.54) is 0 Å². The molecule has 1 aliphatic carbocycles. The van der Waals surface area contributed by atoms with Gasteiger partial charge in [-0.2, -0.15) is 5.10 Å². The van der Waals surface area contributed by atoms with Crippen molar-refractivity contribution >= 4 is 33.5 Å². The SMILES string of the molecule is CCc1cncc(-n2ncc3ccc(-c4cccc(C(N)(I)C5CC(O)C5)n4)cc32)n1. The molecule has 0 amide bonds. The third kappa shape index (κ3) is 3.72. The minimum atomic E-state index is -0.602. The van der Waals surface area contributed by atoms with Gasteiger partial charge in [-0.05, 0) is 43.4 Å². The van der Waals surface area contributed by atoms with E-state index in [4.69, 9.17) is 10.7 Å². The fraction of sp³-hybridized carbons (Fsp3) is 0.304. The quantitative estimate of drug-likeness (QED) is 0.233. The highest BCUT2D eigenvalue weighted by Gasteiger charge is 2.43. The van der Waals surface area contributed by atoms with E-state index < -0.39 is 3.55 Å². The number of aliphatic hydroxyl groups excluding tert-OH is 1. The van der Waals surface area contributed by atoms with E-state index in [9.17, 15) is 5.11 Å². The van der Waals surface area contributed by atoms with Crippen LogP contribution in [-0.2, 0) is 9.97 Å². The lowest BCUT2D eigenvalue weighted by molar-refractivity contribution is 0.0266. The molecule has 5 rings (SSSR count). The molecule has 1 unspecified atom stereocenters. The lowest BCUT2D eigenvalue weighted by atomic mass is 9.76. The number of aromatic nitrogens is 5. The summed E-state index contributed by atoms with van der Waals surface area (Å²) >= 11 is 2.27. The fourth-order valence-electron chi connectivity index (χ4n) is 3.98. The van der Waals surface area contributed by atoms with E-state index in [0.29, 0.717) is 18.7 Å². The van der Waals surface area contributed by atoms with Gasteiger partial charge in [-0.25, -0.2) is 14.6 Å². The van der Waals surface area contributed by atoms with E-state index in [1.807, 2.05) is 41.2 Å². The summed E-state index contributed by atoms with van der Waals surface area (Å²) in [4.78, 5) is 13.9. The molecule has 8 heteroatoms. The van der Waals surface area contributed by atoms with Crippen molar-refractivity contribution in [3.05, 3.63) is 66.4 Å². The van der Waals surface area contributed by atoms with E-state index in [0.717, 1.165) is 40.0 Å². The largest absolute Gasteiger partial charge is 0.393 e. The zero-order valence-corrected chi connectivity index (χ0v) is 19.3. The van der Waals surface area contributed by atoms with Crippen molar-refractivity contribution in [2.45, 2.75) is 35.8 Å². The van der Waals surface area contributed by atoms with Gasteiger partial charge >= 0.3 is 0 Å². The van der Waals surface area contributed by atoms with E-state index in [-0.39, 0.29) is 12.0 Å². The maximum atomic E-state index is 9.70. The molecule has 1 atom stereocenters. The third-order valence-electron chi connectivity index (χ3n) is 5.97. The van der Waals surface area contributed by atoms with E-state index in [2.05, 4.69) is 50.6 Å². The van der Waals surface area contributed by atoms with Gasteiger partial charge in [0, 0.05) is 17.1 Å². The first kappa shape index (κ1) is 20.5. The summed E-state index contributed by atoms with van der Waals surface area (Å²) in [6, 6.07) is 12.1. The Morgan fingerprint density at radius 3 is 2.77 bits per heavy atom. The lowest BCUT2D eigenvalue weighted by Crippen LogP contribution is -2.47. The summed E-state index contributed by atoms with van der Waals surface area (Å²) in [6.07, 6.45) is 7.34. The number of hydrogen-bond acceptors (Lipinski definition) is 6. The number of rotatable bonds is 5. The first-order chi connectivity index (χ1) is 15.0. The Morgan fingerprint density at radius 2 is 2.00 bits per heavy atom. The Bertz CT molecular complexity index is 1250. The summed E-state index contributed by atoms with van der Waals surface area (Å²) in [5, 5.41) is 15.2. The maximum absolute atomic E-state index is 9.70. The number of fused-ring (bicyclic) bond motifs is 1. The number of benzene rings is 1. The number of aliphatic hydroxyl groups is 1. The van der Waals surface area contributed by atoms with Crippen LogP contribution in [0, 0.1) is 5.92 Å². The van der Waals surface area contributed by atoms with Gasteiger partial charge in [0.2, 0.25) is 0 Å². The van der Waals surface area contributed by atoms with Crippen molar-refractivity contribution in [1.82, 2.24) is 24.7 Å². The third-order valence-corrected chi connectivity index (χ3v) is 7.40. The van der Waals surface area contributed by atoms with Gasteiger partial charge < -0.3 is 10.8 Å². The first-order valence-electron chi connectivity index (χ1n) is 10.4. The monoisotopic (exact) mass is 526 g/mol. The lowest BCUT2D eigenvalue weighted by Gasteiger charge is -2.41. The molecule has 0 aliphatic heterocycles. The second-order valence-corrected chi connectivity index (χ2v) is 9.84. The maximum Gasteiger partial charge on any atom is 0.172 e. The Kier molecular flexibility index (Phi) is 5.23. The van der Waals surface area contributed by atoms with Crippen molar-refractivity contribution in [3.8, 4) is 17.1 Å². The number of nitrogens with two attached hydrogens (primary N) is 1. The fourth-order valence-corrected chi connectivity index (χ4v) is 4.79. The van der Waals surface area contributed by atoms with Crippen LogP contribution in [0.25, 0.3) is 28.0 Å². The van der Waals surface area contributed by atoms with Crippen molar-refractivity contribution in [2.24, 2.45) is 11.7 Å². The molecule has 3 aromatic heterocycles. The smallest absolute Gasteiger partial charge is 0.172 e. The normalized spacial score (nSPS) is 20.4. The molecule has 0 spiro atoms. The second-order valence-electron chi connectivity index (χ2n) is 8.05. The Labute approximate surface area is 193 Å². The molecule has 3 heterocycles. The predicted octanol–water partition coefficient (Wildman–Crippen LogP) is 3.76. The molecule has 7 nitrogen and oxygen atoms in total. The van der Waals surface area contributed by atoms with E-state index in [1.54, 1.807) is 12.4 Å². The average Bonchev–Trinajstić information content (AvgIpc) is 3.20. The van der Waals surface area contributed by atoms with Gasteiger partial charge in [0.15, 0.2) is 5.82 Å². The number of hydrogen-bond donors (Lipinski definition) is 2. The second kappa shape index (κ2) is 7.92. The Hall–Kier alpha value is -2.43. The molecule has 158 valence electrons. The zero-order chi connectivity index (χ0) is 21.6. The van der Waals surface area contributed by atoms with Gasteiger partial charge in [0.1, 0.15) is 3.55 Å². The van der Waals surface area contributed by atoms with Gasteiger partial charge in [0.25, 0.3) is 0 Å². The summed E-state index contributed by atoms with van der Waals surface area (Å²) in [6.45, 7) is 2.06. The van der Waals surface area contributed by atoms with Gasteiger partial charge in [-0.3, -0.25) is 4.98 Å². The average molecular weight is 526 g/mol. The first-order valence-corrected chi connectivity index (χ1v) is 11.5. The molecule has 1 aliphatic rings. The van der Waals surface area contributed by atoms with Gasteiger partial charge in [-0.15, -0.1) is 0 Å². The number of alkyl halides is 1. The van der Waals surface area contributed by atoms with Crippen LogP contribution in [0.1, 0.15) is 31.2 Å². The molecule has 1 aromatic carbocycles. The highest BCUT2D eigenvalue weighted by atomic mass is 127.